The minimum absolute atomic E-state index is 0.0546. The lowest BCUT2D eigenvalue weighted by atomic mass is 10.1. The van der Waals surface area contributed by atoms with Crippen LogP contribution in [-0.4, -0.2) is 5.91 Å². The van der Waals surface area contributed by atoms with Crippen LogP contribution in [0, 0.1) is 0 Å². The van der Waals surface area contributed by atoms with E-state index in [0.29, 0.717) is 0 Å². The fourth-order valence-corrected chi connectivity index (χ4v) is 1.39. The zero-order valence-electron chi connectivity index (χ0n) is 8.17. The maximum absolute atomic E-state index is 10.9. The van der Waals surface area contributed by atoms with Crippen LogP contribution in [0.25, 0.3) is 5.70 Å². The Bertz CT molecular complexity index is 354. The van der Waals surface area contributed by atoms with Crippen molar-refractivity contribution in [3.8, 4) is 0 Å². The van der Waals surface area contributed by atoms with Gasteiger partial charge in [0, 0.05) is 17.1 Å². The molecule has 0 bridgehead atoms. The third-order valence-electron chi connectivity index (χ3n) is 1.75. The van der Waals surface area contributed by atoms with Gasteiger partial charge in [-0.05, 0) is 24.6 Å². The van der Waals surface area contributed by atoms with Gasteiger partial charge in [0.1, 0.15) is 0 Å². The number of nitrogens with one attached hydrogen (secondary N) is 1. The minimum Gasteiger partial charge on any atom is -0.326 e. The van der Waals surface area contributed by atoms with E-state index >= 15 is 0 Å². The van der Waals surface area contributed by atoms with E-state index in [1.54, 1.807) is 0 Å². The molecular formula is C11H12BrNO. The maximum Gasteiger partial charge on any atom is 0.221 e. The van der Waals surface area contributed by atoms with Gasteiger partial charge in [-0.1, -0.05) is 34.1 Å². The van der Waals surface area contributed by atoms with Crippen molar-refractivity contribution in [2.24, 2.45) is 0 Å². The fourth-order valence-electron chi connectivity index (χ4n) is 1.13. The molecule has 2 nitrogen and oxygen atoms in total. The molecule has 0 saturated carbocycles. The Morgan fingerprint density at radius 3 is 2.36 bits per heavy atom. The molecule has 0 fully saturated rings. The van der Waals surface area contributed by atoms with Crippen molar-refractivity contribution in [3.63, 3.8) is 0 Å². The van der Waals surface area contributed by atoms with Crippen molar-refractivity contribution in [1.29, 1.82) is 0 Å². The van der Waals surface area contributed by atoms with Gasteiger partial charge < -0.3 is 5.32 Å². The van der Waals surface area contributed by atoms with Crippen LogP contribution in [0.3, 0.4) is 0 Å². The summed E-state index contributed by atoms with van der Waals surface area (Å²) in [4.78, 5) is 10.9. The Labute approximate surface area is 92.1 Å². The first-order valence-electron chi connectivity index (χ1n) is 4.33. The number of rotatable bonds is 2. The third-order valence-corrected chi connectivity index (χ3v) is 2.28. The van der Waals surface area contributed by atoms with Crippen LogP contribution in [0.5, 0.6) is 0 Å². The van der Waals surface area contributed by atoms with Gasteiger partial charge in [0.2, 0.25) is 5.91 Å². The molecule has 1 aromatic carbocycles. The summed E-state index contributed by atoms with van der Waals surface area (Å²) in [5, 5.41) is 2.77. The van der Waals surface area contributed by atoms with Gasteiger partial charge in [0.05, 0.1) is 0 Å². The zero-order valence-corrected chi connectivity index (χ0v) is 9.76. The SMILES string of the molecule is C/C=C(/NC(C)=O)c1ccc(Br)cc1. The highest BCUT2D eigenvalue weighted by atomic mass is 79.9. The molecule has 1 aromatic rings. The highest BCUT2D eigenvalue weighted by Gasteiger charge is 2.01. The normalized spacial score (nSPS) is 11.2. The topological polar surface area (TPSA) is 29.1 Å². The second-order valence-electron chi connectivity index (χ2n) is 2.89. The number of benzene rings is 1. The summed E-state index contributed by atoms with van der Waals surface area (Å²) < 4.78 is 1.03. The molecule has 0 unspecified atom stereocenters. The molecule has 0 aliphatic carbocycles. The molecule has 0 aromatic heterocycles. The van der Waals surface area contributed by atoms with E-state index in [9.17, 15) is 4.79 Å². The van der Waals surface area contributed by atoms with Gasteiger partial charge in [0.25, 0.3) is 0 Å². The Kier molecular flexibility index (Phi) is 3.89. The van der Waals surface area contributed by atoms with Crippen LogP contribution < -0.4 is 5.32 Å². The lowest BCUT2D eigenvalue weighted by Crippen LogP contribution is -2.17. The number of hydrogen-bond donors (Lipinski definition) is 1. The first-order valence-corrected chi connectivity index (χ1v) is 5.12. The lowest BCUT2D eigenvalue weighted by Gasteiger charge is -2.07. The number of halogens is 1. The van der Waals surface area contributed by atoms with Gasteiger partial charge in [-0.3, -0.25) is 4.79 Å². The average molecular weight is 254 g/mol. The van der Waals surface area contributed by atoms with Crippen LogP contribution in [0.4, 0.5) is 0 Å². The van der Waals surface area contributed by atoms with E-state index in [0.717, 1.165) is 15.7 Å². The van der Waals surface area contributed by atoms with E-state index in [1.807, 2.05) is 37.3 Å². The molecule has 74 valence electrons. The minimum atomic E-state index is -0.0546. The summed E-state index contributed by atoms with van der Waals surface area (Å²) in [6.07, 6.45) is 1.88. The number of carbonyl (C=O) groups excluding carboxylic acids is 1. The van der Waals surface area contributed by atoms with Gasteiger partial charge in [-0.2, -0.15) is 0 Å². The monoisotopic (exact) mass is 253 g/mol. The molecule has 3 heteroatoms. The third kappa shape index (κ3) is 3.00. The van der Waals surface area contributed by atoms with E-state index in [4.69, 9.17) is 0 Å². The van der Waals surface area contributed by atoms with E-state index < -0.39 is 0 Å². The van der Waals surface area contributed by atoms with Crippen LogP contribution in [0.1, 0.15) is 19.4 Å². The summed E-state index contributed by atoms with van der Waals surface area (Å²) in [6.45, 7) is 3.40. The maximum atomic E-state index is 10.9. The second kappa shape index (κ2) is 4.96. The lowest BCUT2D eigenvalue weighted by molar-refractivity contribution is -0.117. The average Bonchev–Trinajstić information content (AvgIpc) is 2.15. The highest BCUT2D eigenvalue weighted by molar-refractivity contribution is 9.10. The van der Waals surface area contributed by atoms with Crippen molar-refractivity contribution in [2.45, 2.75) is 13.8 Å². The first-order chi connectivity index (χ1) is 6.63. The largest absolute Gasteiger partial charge is 0.326 e. The Morgan fingerprint density at radius 2 is 1.93 bits per heavy atom. The van der Waals surface area contributed by atoms with E-state index in [2.05, 4.69) is 21.2 Å². The van der Waals surface area contributed by atoms with Crippen LogP contribution in [0.15, 0.2) is 34.8 Å². The molecule has 0 aliphatic heterocycles. The molecular weight excluding hydrogens is 242 g/mol. The summed E-state index contributed by atoms with van der Waals surface area (Å²) in [5.74, 6) is -0.0546. The standard InChI is InChI=1S/C11H12BrNO/c1-3-11(13-8(2)14)9-4-6-10(12)7-5-9/h3-7H,1-2H3,(H,13,14)/b11-3+. The molecule has 0 atom stereocenters. The molecule has 0 aliphatic rings. The van der Waals surface area contributed by atoms with Crippen LogP contribution in [0.2, 0.25) is 0 Å². The Hall–Kier alpha value is -1.09. The molecule has 14 heavy (non-hydrogen) atoms. The summed E-state index contributed by atoms with van der Waals surface area (Å²) in [6, 6.07) is 7.80. The molecule has 0 spiro atoms. The van der Waals surface area contributed by atoms with Crippen LogP contribution in [-0.2, 0) is 4.79 Å². The Morgan fingerprint density at radius 1 is 1.36 bits per heavy atom. The van der Waals surface area contributed by atoms with Crippen molar-refractivity contribution in [1.82, 2.24) is 5.32 Å². The number of hydrogen-bond acceptors (Lipinski definition) is 1. The smallest absolute Gasteiger partial charge is 0.221 e. The molecule has 1 rings (SSSR count). The number of carbonyl (C=O) groups is 1. The summed E-state index contributed by atoms with van der Waals surface area (Å²) >= 11 is 3.36. The second-order valence-corrected chi connectivity index (χ2v) is 3.81. The van der Waals surface area contributed by atoms with E-state index in [-0.39, 0.29) is 5.91 Å². The predicted octanol–water partition coefficient (Wildman–Crippen LogP) is 2.95. The van der Waals surface area contributed by atoms with Crippen molar-refractivity contribution < 1.29 is 4.79 Å². The van der Waals surface area contributed by atoms with Crippen molar-refractivity contribution in [2.75, 3.05) is 0 Å². The van der Waals surface area contributed by atoms with E-state index in [1.165, 1.54) is 6.92 Å². The zero-order chi connectivity index (χ0) is 10.6. The van der Waals surface area contributed by atoms with Gasteiger partial charge >= 0.3 is 0 Å². The Balaban J connectivity index is 2.91. The summed E-state index contributed by atoms with van der Waals surface area (Å²) in [7, 11) is 0. The van der Waals surface area contributed by atoms with Crippen molar-refractivity contribution in [3.05, 3.63) is 40.4 Å². The molecule has 1 amide bonds. The predicted molar refractivity (Wildman–Crippen MR) is 61.6 cm³/mol. The van der Waals surface area contributed by atoms with Gasteiger partial charge in [0.15, 0.2) is 0 Å². The van der Waals surface area contributed by atoms with Crippen LogP contribution >= 0.6 is 15.9 Å². The number of amides is 1. The highest BCUT2D eigenvalue weighted by Crippen LogP contribution is 2.15. The quantitative estimate of drug-likeness (QED) is 0.863. The summed E-state index contributed by atoms with van der Waals surface area (Å²) in [5.41, 5.74) is 1.84. The first kappa shape index (κ1) is 11.0. The molecule has 1 N–H and O–H groups in total. The van der Waals surface area contributed by atoms with Gasteiger partial charge in [-0.15, -0.1) is 0 Å². The molecule has 0 radical (unpaired) electrons. The molecule has 0 saturated heterocycles. The van der Waals surface area contributed by atoms with Gasteiger partial charge in [-0.25, -0.2) is 0 Å². The fraction of sp³-hybridized carbons (Fsp3) is 0.182. The van der Waals surface area contributed by atoms with Crippen molar-refractivity contribution >= 4 is 27.5 Å². The molecule has 0 heterocycles. The number of allylic oxidation sites excluding steroid dienone is 1.